The van der Waals surface area contributed by atoms with Crippen molar-refractivity contribution in [3.05, 3.63) is 562 Å². The van der Waals surface area contributed by atoms with E-state index >= 15 is 0 Å². The van der Waals surface area contributed by atoms with Gasteiger partial charge in [-0.15, -0.1) is 0 Å². The third-order valence-electron chi connectivity index (χ3n) is 27.4. The van der Waals surface area contributed by atoms with Gasteiger partial charge in [-0.1, -0.05) is 416 Å². The van der Waals surface area contributed by atoms with Crippen LogP contribution in [0, 0.1) is 0 Å². The van der Waals surface area contributed by atoms with Gasteiger partial charge in [-0.2, -0.15) is 0 Å². The average Bonchev–Trinajstić information content (AvgIpc) is 1.55. The van der Waals surface area contributed by atoms with Crippen molar-refractivity contribution < 1.29 is 0 Å². The summed E-state index contributed by atoms with van der Waals surface area (Å²) < 4.78 is 8.45. The van der Waals surface area contributed by atoms with Crippen LogP contribution in [0.25, 0.3) is 183 Å². The number of benzene rings is 22. The van der Waals surface area contributed by atoms with Crippen LogP contribution >= 0.6 is 15.9 Å². The molecule has 3 heterocycles. The van der Waals surface area contributed by atoms with E-state index < -0.39 is 0 Å². The molecule has 0 amide bonds. The van der Waals surface area contributed by atoms with Gasteiger partial charge >= 0.3 is 0 Å². The second kappa shape index (κ2) is 37.3. The fraction of sp³-hybridized carbons (Fsp3) is 0.00752. The van der Waals surface area contributed by atoms with Crippen molar-refractivity contribution in [2.45, 2.75) is 6.42 Å². The molecule has 5 nitrogen and oxygen atoms in total. The van der Waals surface area contributed by atoms with Crippen LogP contribution in [0.3, 0.4) is 0 Å². The molecule has 656 valence electrons. The molecule has 0 bridgehead atoms. The summed E-state index contributed by atoms with van der Waals surface area (Å²) in [6, 6.07) is 197. The Bertz CT molecular complexity index is 8570. The molecular formula is C133H92BrN5. The maximum atomic E-state index is 3.31. The smallest absolute Gasteiger partial charge is 0.0619 e. The van der Waals surface area contributed by atoms with E-state index in [-0.39, 0.29) is 0 Å². The van der Waals surface area contributed by atoms with E-state index in [4.69, 9.17) is 0 Å². The van der Waals surface area contributed by atoms with Crippen LogP contribution in [-0.2, 0) is 6.42 Å². The third-order valence-corrected chi connectivity index (χ3v) is 27.9. The second-order valence-electron chi connectivity index (χ2n) is 35.5. The van der Waals surface area contributed by atoms with Crippen molar-refractivity contribution in [1.29, 1.82) is 0 Å². The number of para-hydroxylation sites is 7. The minimum Gasteiger partial charge on any atom is -0.311 e. The topological polar surface area (TPSA) is 21.3 Å². The largest absolute Gasteiger partial charge is 0.311 e. The molecule has 0 aliphatic heterocycles. The molecule has 0 fully saturated rings. The first-order valence-electron chi connectivity index (χ1n) is 47.6. The molecule has 25 aromatic rings. The molecule has 1 aliphatic carbocycles. The number of aromatic nitrogens is 3. The fourth-order valence-electron chi connectivity index (χ4n) is 20.8. The highest BCUT2D eigenvalue weighted by Gasteiger charge is 2.28. The summed E-state index contributed by atoms with van der Waals surface area (Å²) in [5, 5.41) is 7.47. The maximum Gasteiger partial charge on any atom is 0.0619 e. The lowest BCUT2D eigenvalue weighted by molar-refractivity contribution is 1.18. The second-order valence-corrected chi connectivity index (χ2v) is 36.4. The molecule has 0 saturated heterocycles. The zero-order chi connectivity index (χ0) is 92.5. The summed E-state index contributed by atoms with van der Waals surface area (Å²) in [6.07, 6.45) is 0.881. The first kappa shape index (κ1) is 84.3. The summed E-state index contributed by atoms with van der Waals surface area (Å²) in [6.45, 7) is 0. The van der Waals surface area contributed by atoms with Gasteiger partial charge in [-0.05, 0) is 252 Å². The molecule has 26 rings (SSSR count). The monoisotopic (exact) mass is 1840 g/mol. The Balaban J connectivity index is 0.000000142. The average molecular weight is 1840 g/mol. The minimum atomic E-state index is 0.881. The van der Waals surface area contributed by atoms with E-state index in [1.54, 1.807) is 0 Å². The molecule has 0 radical (unpaired) electrons. The van der Waals surface area contributed by atoms with E-state index in [1.165, 1.54) is 177 Å². The van der Waals surface area contributed by atoms with Crippen LogP contribution in [0.2, 0.25) is 0 Å². The van der Waals surface area contributed by atoms with Crippen LogP contribution in [0.4, 0.5) is 34.1 Å². The van der Waals surface area contributed by atoms with Crippen molar-refractivity contribution >= 4 is 115 Å². The van der Waals surface area contributed by atoms with Gasteiger partial charge in [0.15, 0.2) is 0 Å². The van der Waals surface area contributed by atoms with Gasteiger partial charge in [-0.25, -0.2) is 0 Å². The highest BCUT2D eigenvalue weighted by Crippen LogP contribution is 2.50. The number of rotatable bonds is 17. The number of hydrogen-bond donors (Lipinski definition) is 0. The number of nitrogens with zero attached hydrogens (tertiary/aromatic N) is 5. The van der Waals surface area contributed by atoms with Gasteiger partial charge in [0.2, 0.25) is 0 Å². The Morgan fingerprint density at radius 1 is 0.158 bits per heavy atom. The van der Waals surface area contributed by atoms with E-state index in [2.05, 4.69) is 555 Å². The summed E-state index contributed by atoms with van der Waals surface area (Å²) in [4.78, 5) is 4.72. The molecule has 3 aromatic heterocycles. The number of halogens is 1. The fourth-order valence-corrected chi connectivity index (χ4v) is 21.1. The molecule has 139 heavy (non-hydrogen) atoms. The Morgan fingerprint density at radius 2 is 0.388 bits per heavy atom. The lowest BCUT2D eigenvalue weighted by atomic mass is 9.94. The molecule has 22 aromatic carbocycles. The van der Waals surface area contributed by atoms with Crippen LogP contribution in [0.5, 0.6) is 0 Å². The zero-order valence-corrected chi connectivity index (χ0v) is 77.9. The summed E-state index contributed by atoms with van der Waals surface area (Å²) >= 11 is 3.31. The third kappa shape index (κ3) is 16.2. The zero-order valence-electron chi connectivity index (χ0n) is 76.3. The lowest BCUT2D eigenvalue weighted by Gasteiger charge is -2.26. The summed E-state index contributed by atoms with van der Waals surface area (Å²) in [7, 11) is 0. The molecule has 0 spiro atoms. The van der Waals surface area contributed by atoms with Gasteiger partial charge < -0.3 is 23.5 Å². The predicted octanol–water partition coefficient (Wildman–Crippen LogP) is 37.0. The predicted molar refractivity (Wildman–Crippen MR) is 591 cm³/mol. The van der Waals surface area contributed by atoms with Crippen LogP contribution in [0.15, 0.2) is 550 Å². The lowest BCUT2D eigenvalue weighted by Crippen LogP contribution is -2.09. The molecular weight excluding hydrogens is 1750 g/mol. The Labute approximate surface area is 818 Å². The standard InChI is InChI=1S/C66H45N3.C61H42N2.C6H5Br/c1-5-17-46(18-6-1)48-31-38-54(39-32-48)67(55-40-33-49(34-41-55)47-19-7-2-8-20-47)56-42-35-50(36-43-56)57-26-15-28-61-62-29-16-27-58(66(62)69(65(57)61)53-23-11-4-12-24-53)51-37-44-60-59-25-13-14-30-63(59)68(64(60)45-51)52-21-9-3-10-22-52;1-4-14-42(15-5-1)44-26-33-49(34-27-44)62(50-35-28-45(29-36-50)43-16-6-2-7-17-43)51-37-30-46(31-38-51)52-21-12-23-54-55-24-13-22-53(59(55)41-58(52)54)47-32-39-57-56-20-10-11-25-60(56)63(61(57)40-47)48-18-8-3-9-19-48;7-6-4-2-1-3-5-6/h1-45H;1-40H,41H2;1-5H. The molecule has 0 unspecified atom stereocenters. The summed E-state index contributed by atoms with van der Waals surface area (Å²) in [5.41, 5.74) is 42.0. The van der Waals surface area contributed by atoms with Crippen LogP contribution < -0.4 is 9.80 Å². The van der Waals surface area contributed by atoms with Crippen LogP contribution in [0.1, 0.15) is 11.1 Å². The minimum absolute atomic E-state index is 0.881. The van der Waals surface area contributed by atoms with E-state index in [9.17, 15) is 0 Å². The van der Waals surface area contributed by atoms with Crippen LogP contribution in [-0.4, -0.2) is 13.7 Å². The van der Waals surface area contributed by atoms with Crippen molar-refractivity contribution in [2.75, 3.05) is 9.80 Å². The van der Waals surface area contributed by atoms with E-state index in [1.807, 2.05) is 30.3 Å². The van der Waals surface area contributed by atoms with Crippen molar-refractivity contribution in [2.24, 2.45) is 0 Å². The van der Waals surface area contributed by atoms with Crippen molar-refractivity contribution in [1.82, 2.24) is 13.7 Å². The van der Waals surface area contributed by atoms with Gasteiger partial charge in [0, 0.05) is 99.1 Å². The Hall–Kier alpha value is -17.7. The highest BCUT2D eigenvalue weighted by molar-refractivity contribution is 9.10. The number of fused-ring (bicyclic) bond motifs is 12. The van der Waals surface area contributed by atoms with E-state index in [0.29, 0.717) is 0 Å². The summed E-state index contributed by atoms with van der Waals surface area (Å²) in [5.74, 6) is 0. The molecule has 0 N–H and O–H groups in total. The SMILES string of the molecule is Brc1ccccc1.c1ccc(-c2ccc(N(c3ccc(-c4ccccc4)cc3)c3ccc(-c4cccc5c4Cc4c(-c6ccc7c8ccccc8n(-c8ccccc8)c7c6)cccc4-5)cc3)cc2)cc1.c1ccc(-c2ccc(N(c3ccc(-c4ccccc4)cc3)c3ccc(-c4cccc5c6cccc(-c7ccc8c9ccccc9n(-c9ccccc9)c8c7)c6n(-c6ccccc6)c45)cc3)cc2)cc1. The molecule has 0 saturated carbocycles. The maximum absolute atomic E-state index is 3.31. The first-order valence-corrected chi connectivity index (χ1v) is 48.4. The van der Waals surface area contributed by atoms with Crippen molar-refractivity contribution in [3.63, 3.8) is 0 Å². The number of anilines is 6. The molecule has 1 aliphatic rings. The Morgan fingerprint density at radius 3 is 0.727 bits per heavy atom. The normalized spacial score (nSPS) is 11.5. The molecule has 0 atom stereocenters. The number of hydrogen-bond acceptors (Lipinski definition) is 2. The Kier molecular flexibility index (Phi) is 22.6. The van der Waals surface area contributed by atoms with Gasteiger partial charge in [0.05, 0.1) is 33.1 Å². The van der Waals surface area contributed by atoms with E-state index in [0.717, 1.165) is 62.0 Å². The highest BCUT2D eigenvalue weighted by atomic mass is 79.9. The van der Waals surface area contributed by atoms with Crippen molar-refractivity contribution in [3.8, 4) is 117 Å². The van der Waals surface area contributed by atoms with Gasteiger partial charge in [0.1, 0.15) is 0 Å². The molecule has 6 heteroatoms. The van der Waals surface area contributed by atoms with Gasteiger partial charge in [-0.3, -0.25) is 0 Å². The van der Waals surface area contributed by atoms with Gasteiger partial charge in [0.25, 0.3) is 0 Å². The quantitative estimate of drug-likeness (QED) is 0.0906. The first-order chi connectivity index (χ1) is 68.9.